The molecule has 1 amide bonds. The zero-order chi connectivity index (χ0) is 19.2. The summed E-state index contributed by atoms with van der Waals surface area (Å²) in [4.78, 5) is 12.7. The van der Waals surface area contributed by atoms with Gasteiger partial charge in [0.2, 0.25) is 0 Å². The topological polar surface area (TPSA) is 65.4 Å². The number of anilines is 1. The first-order chi connectivity index (χ1) is 13.1. The van der Waals surface area contributed by atoms with Crippen LogP contribution in [0, 0.1) is 5.92 Å². The number of rotatable bonds is 8. The van der Waals surface area contributed by atoms with Crippen LogP contribution in [-0.2, 0) is 0 Å². The zero-order valence-electron chi connectivity index (χ0n) is 16.4. The van der Waals surface area contributed by atoms with Crippen molar-refractivity contribution in [1.82, 2.24) is 9.78 Å². The number of hydrogen-bond donors (Lipinski definition) is 1. The Kier molecular flexibility index (Phi) is 6.37. The molecule has 146 valence electrons. The fraction of sp³-hybridized carbons (Fsp3) is 0.524. The molecule has 6 heteroatoms. The number of amides is 1. The van der Waals surface area contributed by atoms with Gasteiger partial charge < -0.3 is 14.8 Å². The molecular weight excluding hydrogens is 342 g/mol. The van der Waals surface area contributed by atoms with E-state index in [1.165, 1.54) is 12.8 Å². The molecule has 0 radical (unpaired) electrons. The lowest BCUT2D eigenvalue weighted by atomic mass is 10.1. The minimum absolute atomic E-state index is 0.179. The van der Waals surface area contributed by atoms with Crippen LogP contribution in [0.3, 0.4) is 0 Å². The third kappa shape index (κ3) is 4.81. The second-order valence-corrected chi connectivity index (χ2v) is 7.45. The normalized spacial score (nSPS) is 14.5. The van der Waals surface area contributed by atoms with Gasteiger partial charge in [0.15, 0.2) is 11.5 Å². The molecule has 1 N–H and O–H groups in total. The smallest absolute Gasteiger partial charge is 0.256 e. The van der Waals surface area contributed by atoms with E-state index >= 15 is 0 Å². The van der Waals surface area contributed by atoms with E-state index in [4.69, 9.17) is 9.47 Å². The van der Waals surface area contributed by atoms with Crippen molar-refractivity contribution < 1.29 is 14.3 Å². The van der Waals surface area contributed by atoms with Gasteiger partial charge in [0, 0.05) is 11.6 Å². The summed E-state index contributed by atoms with van der Waals surface area (Å²) in [6, 6.07) is 7.50. The number of nitrogens with one attached hydrogen (secondary N) is 1. The molecule has 1 aromatic carbocycles. The monoisotopic (exact) mass is 371 g/mol. The zero-order valence-corrected chi connectivity index (χ0v) is 16.4. The Morgan fingerprint density at radius 3 is 2.74 bits per heavy atom. The molecule has 1 aliphatic rings. The van der Waals surface area contributed by atoms with Gasteiger partial charge in [-0.15, -0.1) is 0 Å². The number of benzene rings is 1. The fourth-order valence-electron chi connectivity index (χ4n) is 3.37. The van der Waals surface area contributed by atoms with Gasteiger partial charge in [0.25, 0.3) is 5.91 Å². The number of methoxy groups -OCH3 is 1. The average Bonchev–Trinajstić information content (AvgIpc) is 3.32. The summed E-state index contributed by atoms with van der Waals surface area (Å²) in [6.07, 6.45) is 7.36. The Labute approximate surface area is 160 Å². The summed E-state index contributed by atoms with van der Waals surface area (Å²) in [5.74, 6) is 2.36. The molecule has 3 rings (SSSR count). The van der Waals surface area contributed by atoms with Crippen molar-refractivity contribution in [2.75, 3.05) is 19.0 Å². The minimum atomic E-state index is -0.179. The summed E-state index contributed by atoms with van der Waals surface area (Å²) in [5, 5.41) is 7.38. The number of carbonyl (C=O) groups excluding carboxylic acids is 1. The Hall–Kier alpha value is -2.50. The van der Waals surface area contributed by atoms with Crippen molar-refractivity contribution >= 4 is 11.7 Å². The van der Waals surface area contributed by atoms with Crippen LogP contribution in [0.4, 0.5) is 5.82 Å². The minimum Gasteiger partial charge on any atom is -0.493 e. The van der Waals surface area contributed by atoms with Crippen LogP contribution in [0.2, 0.25) is 0 Å². The van der Waals surface area contributed by atoms with Crippen LogP contribution in [-0.4, -0.2) is 29.4 Å². The number of aromatic nitrogens is 2. The maximum absolute atomic E-state index is 12.7. The van der Waals surface area contributed by atoms with Crippen LogP contribution in [0.1, 0.15) is 62.4 Å². The second-order valence-electron chi connectivity index (χ2n) is 7.45. The SMILES string of the molecule is COc1cc(C(=O)Nc2ccnn2C2CCCC2)ccc1OCCC(C)C. The van der Waals surface area contributed by atoms with E-state index in [1.54, 1.807) is 31.5 Å². The quantitative estimate of drug-likeness (QED) is 0.731. The average molecular weight is 371 g/mol. The van der Waals surface area contributed by atoms with Gasteiger partial charge in [-0.1, -0.05) is 26.7 Å². The van der Waals surface area contributed by atoms with E-state index in [0.29, 0.717) is 35.6 Å². The number of nitrogens with zero attached hydrogens (tertiary/aromatic N) is 2. The van der Waals surface area contributed by atoms with Gasteiger partial charge in [-0.25, -0.2) is 4.68 Å². The molecule has 1 fully saturated rings. The van der Waals surface area contributed by atoms with E-state index in [9.17, 15) is 4.79 Å². The summed E-state index contributed by atoms with van der Waals surface area (Å²) >= 11 is 0. The van der Waals surface area contributed by atoms with Crippen LogP contribution >= 0.6 is 0 Å². The standard InChI is InChI=1S/C21H29N3O3/c1-15(2)11-13-27-18-9-8-16(14-19(18)26-3)21(25)23-20-10-12-22-24(20)17-6-4-5-7-17/h8-10,12,14-15,17H,4-7,11,13H2,1-3H3,(H,23,25). The summed E-state index contributed by atoms with van der Waals surface area (Å²) < 4.78 is 13.1. The van der Waals surface area contributed by atoms with Crippen molar-refractivity contribution in [2.24, 2.45) is 5.92 Å². The molecular formula is C21H29N3O3. The van der Waals surface area contributed by atoms with Gasteiger partial charge in [-0.05, 0) is 43.4 Å². The summed E-state index contributed by atoms with van der Waals surface area (Å²) in [5.41, 5.74) is 0.530. The van der Waals surface area contributed by atoms with E-state index in [-0.39, 0.29) is 5.91 Å². The van der Waals surface area contributed by atoms with E-state index in [1.807, 2.05) is 10.7 Å². The fourth-order valence-corrected chi connectivity index (χ4v) is 3.37. The number of hydrogen-bond acceptors (Lipinski definition) is 4. The molecule has 0 bridgehead atoms. The summed E-state index contributed by atoms with van der Waals surface area (Å²) in [6.45, 7) is 4.94. The third-order valence-corrected chi connectivity index (χ3v) is 4.96. The number of carbonyl (C=O) groups is 1. The van der Waals surface area contributed by atoms with Gasteiger partial charge in [-0.3, -0.25) is 4.79 Å². The van der Waals surface area contributed by atoms with Gasteiger partial charge in [-0.2, -0.15) is 5.10 Å². The highest BCUT2D eigenvalue weighted by Gasteiger charge is 2.21. The van der Waals surface area contributed by atoms with E-state index in [2.05, 4.69) is 24.3 Å². The molecule has 0 unspecified atom stereocenters. The molecule has 0 atom stereocenters. The lowest BCUT2D eigenvalue weighted by Crippen LogP contribution is -2.17. The van der Waals surface area contributed by atoms with Crippen molar-refractivity contribution in [1.29, 1.82) is 0 Å². The first-order valence-corrected chi connectivity index (χ1v) is 9.74. The molecule has 6 nitrogen and oxygen atoms in total. The Morgan fingerprint density at radius 1 is 1.26 bits per heavy atom. The second kappa shape index (κ2) is 8.93. The highest BCUT2D eigenvalue weighted by Crippen LogP contribution is 2.32. The molecule has 2 aromatic rings. The molecule has 0 saturated heterocycles. The van der Waals surface area contributed by atoms with Crippen LogP contribution in [0.5, 0.6) is 11.5 Å². The Morgan fingerprint density at radius 2 is 2.04 bits per heavy atom. The molecule has 1 aliphatic carbocycles. The van der Waals surface area contributed by atoms with Gasteiger partial charge in [0.05, 0.1) is 26.0 Å². The van der Waals surface area contributed by atoms with Crippen LogP contribution < -0.4 is 14.8 Å². The Balaban J connectivity index is 1.69. The van der Waals surface area contributed by atoms with Crippen LogP contribution in [0.15, 0.2) is 30.5 Å². The van der Waals surface area contributed by atoms with Crippen LogP contribution in [0.25, 0.3) is 0 Å². The maximum Gasteiger partial charge on any atom is 0.256 e. The first-order valence-electron chi connectivity index (χ1n) is 9.74. The lowest BCUT2D eigenvalue weighted by Gasteiger charge is -2.15. The third-order valence-electron chi connectivity index (χ3n) is 4.96. The summed E-state index contributed by atoms with van der Waals surface area (Å²) in [7, 11) is 1.58. The van der Waals surface area contributed by atoms with Crippen molar-refractivity contribution in [3.8, 4) is 11.5 Å². The number of ether oxygens (including phenoxy) is 2. The molecule has 1 heterocycles. The van der Waals surface area contributed by atoms with Crippen molar-refractivity contribution in [3.63, 3.8) is 0 Å². The highest BCUT2D eigenvalue weighted by atomic mass is 16.5. The predicted octanol–water partition coefficient (Wildman–Crippen LogP) is 4.68. The molecule has 1 aromatic heterocycles. The lowest BCUT2D eigenvalue weighted by molar-refractivity contribution is 0.102. The molecule has 1 saturated carbocycles. The molecule has 0 spiro atoms. The van der Waals surface area contributed by atoms with Crippen molar-refractivity contribution in [3.05, 3.63) is 36.0 Å². The van der Waals surface area contributed by atoms with Gasteiger partial charge >= 0.3 is 0 Å². The van der Waals surface area contributed by atoms with Crippen molar-refractivity contribution in [2.45, 2.75) is 52.0 Å². The largest absolute Gasteiger partial charge is 0.493 e. The first kappa shape index (κ1) is 19.3. The highest BCUT2D eigenvalue weighted by molar-refractivity contribution is 6.04. The van der Waals surface area contributed by atoms with E-state index < -0.39 is 0 Å². The maximum atomic E-state index is 12.7. The molecule has 0 aliphatic heterocycles. The van der Waals surface area contributed by atoms with E-state index in [0.717, 1.165) is 25.1 Å². The molecule has 27 heavy (non-hydrogen) atoms. The van der Waals surface area contributed by atoms with Gasteiger partial charge in [0.1, 0.15) is 5.82 Å². The predicted molar refractivity (Wildman–Crippen MR) is 106 cm³/mol. The Bertz CT molecular complexity index is 764.